The summed E-state index contributed by atoms with van der Waals surface area (Å²) in [5, 5.41) is 11.0. The van der Waals surface area contributed by atoms with Crippen LogP contribution >= 0.6 is 11.3 Å². The van der Waals surface area contributed by atoms with Crippen molar-refractivity contribution in [3.63, 3.8) is 0 Å². The second-order valence-corrected chi connectivity index (χ2v) is 7.37. The van der Waals surface area contributed by atoms with E-state index in [9.17, 15) is 4.79 Å². The smallest absolute Gasteiger partial charge is 0.261 e. The lowest BCUT2D eigenvalue weighted by atomic mass is 9.93. The molecule has 0 fully saturated rings. The van der Waals surface area contributed by atoms with Gasteiger partial charge in [-0.3, -0.25) is 4.79 Å². The summed E-state index contributed by atoms with van der Waals surface area (Å²) >= 11 is 1.76. The molecule has 0 spiro atoms. The molecule has 0 unspecified atom stereocenters. The van der Waals surface area contributed by atoms with Crippen molar-refractivity contribution < 1.29 is 9.53 Å². The van der Waals surface area contributed by atoms with Crippen molar-refractivity contribution in [2.45, 2.75) is 12.5 Å². The Labute approximate surface area is 162 Å². The number of fused-ring (bicyclic) bond motifs is 1. The van der Waals surface area contributed by atoms with Crippen LogP contribution in [0.25, 0.3) is 0 Å². The van der Waals surface area contributed by atoms with E-state index in [0.717, 1.165) is 12.0 Å². The average molecular weight is 374 g/mol. The van der Waals surface area contributed by atoms with Crippen molar-refractivity contribution >= 4 is 17.2 Å². The van der Waals surface area contributed by atoms with Crippen molar-refractivity contribution in [1.29, 1.82) is 5.26 Å². The van der Waals surface area contributed by atoms with E-state index < -0.39 is 0 Å². The van der Waals surface area contributed by atoms with Crippen molar-refractivity contribution in [3.05, 3.63) is 87.6 Å². The fraction of sp³-hybridized carbons (Fsp3) is 0.182. The highest BCUT2D eigenvalue weighted by atomic mass is 32.1. The summed E-state index contributed by atoms with van der Waals surface area (Å²) in [6.45, 7) is 0.664. The molecule has 1 aromatic heterocycles. The Kier molecular flexibility index (Phi) is 4.91. The summed E-state index contributed by atoms with van der Waals surface area (Å²) in [5.41, 5.74) is 2.89. The molecule has 1 amide bonds. The van der Waals surface area contributed by atoms with E-state index in [-0.39, 0.29) is 18.6 Å². The average Bonchev–Trinajstić information content (AvgIpc) is 3.21. The Bertz CT molecular complexity index is 974. The summed E-state index contributed by atoms with van der Waals surface area (Å²) in [5.74, 6) is 0.553. The third-order valence-corrected chi connectivity index (χ3v) is 5.74. The van der Waals surface area contributed by atoms with Crippen LogP contribution < -0.4 is 4.74 Å². The van der Waals surface area contributed by atoms with Gasteiger partial charge >= 0.3 is 0 Å². The first-order valence-electron chi connectivity index (χ1n) is 8.80. The van der Waals surface area contributed by atoms with Gasteiger partial charge in [0.1, 0.15) is 5.75 Å². The third kappa shape index (κ3) is 3.57. The molecule has 0 N–H and O–H groups in total. The van der Waals surface area contributed by atoms with Crippen LogP contribution in [0.5, 0.6) is 5.75 Å². The predicted octanol–water partition coefficient (Wildman–Crippen LogP) is 4.17. The number of nitrogens with zero attached hydrogens (tertiary/aromatic N) is 2. The molecule has 2 heterocycles. The van der Waals surface area contributed by atoms with Crippen LogP contribution in [0.1, 0.15) is 27.6 Å². The summed E-state index contributed by atoms with van der Waals surface area (Å²) < 4.78 is 5.68. The lowest BCUT2D eigenvalue weighted by Gasteiger charge is -2.36. The Morgan fingerprint density at radius 3 is 2.67 bits per heavy atom. The van der Waals surface area contributed by atoms with Gasteiger partial charge in [-0.15, -0.1) is 11.3 Å². The first kappa shape index (κ1) is 17.3. The zero-order chi connectivity index (χ0) is 18.6. The zero-order valence-electron chi connectivity index (χ0n) is 14.7. The Balaban J connectivity index is 1.54. The van der Waals surface area contributed by atoms with E-state index in [4.69, 9.17) is 10.00 Å². The number of hydrogen-bond acceptors (Lipinski definition) is 4. The molecule has 4 rings (SSSR count). The molecule has 5 heteroatoms. The van der Waals surface area contributed by atoms with Gasteiger partial charge in [-0.1, -0.05) is 30.3 Å². The minimum atomic E-state index is -0.0711. The van der Waals surface area contributed by atoms with Crippen LogP contribution in [-0.4, -0.2) is 24.0 Å². The number of hydrogen-bond donors (Lipinski definition) is 0. The van der Waals surface area contributed by atoms with Crippen molar-refractivity contribution in [3.8, 4) is 11.8 Å². The van der Waals surface area contributed by atoms with Gasteiger partial charge in [-0.05, 0) is 53.3 Å². The van der Waals surface area contributed by atoms with Gasteiger partial charge in [0, 0.05) is 11.4 Å². The molecule has 4 nitrogen and oxygen atoms in total. The van der Waals surface area contributed by atoms with Crippen molar-refractivity contribution in [1.82, 2.24) is 4.90 Å². The van der Waals surface area contributed by atoms with E-state index in [1.165, 1.54) is 10.4 Å². The van der Waals surface area contributed by atoms with Crippen LogP contribution in [0.2, 0.25) is 0 Å². The molecule has 2 aromatic carbocycles. The molecule has 1 aliphatic rings. The maximum absolute atomic E-state index is 13.0. The quantitative estimate of drug-likeness (QED) is 0.689. The highest BCUT2D eigenvalue weighted by Gasteiger charge is 2.32. The molecule has 0 radical (unpaired) electrons. The van der Waals surface area contributed by atoms with Gasteiger partial charge < -0.3 is 9.64 Å². The molecule has 1 atom stereocenters. The maximum atomic E-state index is 13.0. The monoisotopic (exact) mass is 374 g/mol. The molecule has 27 heavy (non-hydrogen) atoms. The van der Waals surface area contributed by atoms with Gasteiger partial charge in [0.25, 0.3) is 5.91 Å². The topological polar surface area (TPSA) is 53.3 Å². The molecular weight excluding hydrogens is 356 g/mol. The number of rotatable bonds is 4. The van der Waals surface area contributed by atoms with E-state index >= 15 is 0 Å². The van der Waals surface area contributed by atoms with Gasteiger partial charge in [0.2, 0.25) is 0 Å². The Morgan fingerprint density at radius 2 is 1.93 bits per heavy atom. The molecular formula is C22H18N2O2S. The molecule has 1 aliphatic heterocycles. The molecule has 0 saturated heterocycles. The first-order valence-corrected chi connectivity index (χ1v) is 9.68. The number of carbonyl (C=O) groups excluding carboxylic acids is 1. The van der Waals surface area contributed by atoms with Gasteiger partial charge in [-0.2, -0.15) is 5.26 Å². The largest absolute Gasteiger partial charge is 0.484 e. The van der Waals surface area contributed by atoms with Gasteiger partial charge in [0.05, 0.1) is 17.7 Å². The number of ether oxygens (including phenoxy) is 1. The molecule has 134 valence electrons. The maximum Gasteiger partial charge on any atom is 0.261 e. The van der Waals surface area contributed by atoms with E-state index in [1.54, 1.807) is 35.6 Å². The number of amides is 1. The first-order chi connectivity index (χ1) is 13.3. The van der Waals surface area contributed by atoms with Gasteiger partial charge in [0.15, 0.2) is 6.61 Å². The van der Waals surface area contributed by atoms with Crippen molar-refractivity contribution in [2.24, 2.45) is 0 Å². The number of thiophene rings is 1. The fourth-order valence-corrected chi connectivity index (χ4v) is 4.34. The summed E-state index contributed by atoms with van der Waals surface area (Å²) in [4.78, 5) is 16.2. The number of nitriles is 1. The normalized spacial score (nSPS) is 15.7. The lowest BCUT2D eigenvalue weighted by molar-refractivity contribution is -0.135. The summed E-state index contributed by atoms with van der Waals surface area (Å²) in [6, 6.07) is 21.1. The molecule has 3 aromatic rings. The summed E-state index contributed by atoms with van der Waals surface area (Å²) in [7, 11) is 0. The predicted molar refractivity (Wildman–Crippen MR) is 105 cm³/mol. The standard InChI is InChI=1S/C22H18N2O2S/c23-14-16-6-8-18(9-7-16)26-15-21(25)24-12-10-20-19(11-13-27-20)22(24)17-4-2-1-3-5-17/h1-9,11,13,22H,10,12,15H2/t22-/m1/s1. The molecule has 0 saturated carbocycles. The highest BCUT2D eigenvalue weighted by Crippen LogP contribution is 2.37. The van der Waals surface area contributed by atoms with Crippen LogP contribution in [0.3, 0.4) is 0 Å². The van der Waals surface area contributed by atoms with E-state index in [1.807, 2.05) is 23.1 Å². The van der Waals surface area contributed by atoms with Crippen LogP contribution in [0.4, 0.5) is 0 Å². The Morgan fingerprint density at radius 1 is 1.15 bits per heavy atom. The van der Waals surface area contributed by atoms with E-state index in [0.29, 0.717) is 17.9 Å². The minimum Gasteiger partial charge on any atom is -0.484 e. The Hall–Kier alpha value is -3.10. The fourth-order valence-electron chi connectivity index (χ4n) is 3.43. The number of benzene rings is 2. The summed E-state index contributed by atoms with van der Waals surface area (Å²) in [6.07, 6.45) is 0.874. The van der Waals surface area contributed by atoms with Crippen molar-refractivity contribution in [2.75, 3.05) is 13.2 Å². The number of carbonyl (C=O) groups is 1. The molecule has 0 bridgehead atoms. The van der Waals surface area contributed by atoms with Crippen LogP contribution in [0, 0.1) is 11.3 Å². The zero-order valence-corrected chi connectivity index (χ0v) is 15.5. The SMILES string of the molecule is N#Cc1ccc(OCC(=O)N2CCc3sccc3[C@H]2c2ccccc2)cc1. The lowest BCUT2D eigenvalue weighted by Crippen LogP contribution is -2.42. The van der Waals surface area contributed by atoms with E-state index in [2.05, 4.69) is 29.6 Å². The second kappa shape index (κ2) is 7.65. The van der Waals surface area contributed by atoms with Crippen LogP contribution in [-0.2, 0) is 11.2 Å². The molecule has 0 aliphatic carbocycles. The minimum absolute atomic E-state index is 0.0191. The van der Waals surface area contributed by atoms with Crippen LogP contribution in [0.15, 0.2) is 66.0 Å². The van der Waals surface area contributed by atoms with Gasteiger partial charge in [-0.25, -0.2) is 0 Å². The third-order valence-electron chi connectivity index (χ3n) is 4.75. The highest BCUT2D eigenvalue weighted by molar-refractivity contribution is 7.10. The second-order valence-electron chi connectivity index (χ2n) is 6.37.